The summed E-state index contributed by atoms with van der Waals surface area (Å²) in [5.41, 5.74) is -0.538. The Morgan fingerprint density at radius 1 is 1.38 bits per heavy atom. The van der Waals surface area contributed by atoms with Crippen LogP contribution in [0.3, 0.4) is 0 Å². The lowest BCUT2D eigenvalue weighted by Crippen LogP contribution is -2.48. The van der Waals surface area contributed by atoms with Gasteiger partial charge in [0.05, 0.1) is 6.61 Å². The Morgan fingerprint density at radius 3 is 2.76 bits per heavy atom. The van der Waals surface area contributed by atoms with Crippen molar-refractivity contribution >= 4 is 15.9 Å². The number of piperidine rings is 1. The SMILES string of the molecule is Cc1ccc(F)c(NS(=O)(=O)N2CCCCC2CO)c1F. The van der Waals surface area contributed by atoms with Gasteiger partial charge in [0.25, 0.3) is 0 Å². The van der Waals surface area contributed by atoms with Gasteiger partial charge in [-0.3, -0.25) is 4.72 Å². The van der Waals surface area contributed by atoms with Crippen molar-refractivity contribution < 1.29 is 22.3 Å². The molecule has 1 fully saturated rings. The summed E-state index contributed by atoms with van der Waals surface area (Å²) in [5.74, 6) is -1.91. The minimum atomic E-state index is -4.12. The molecule has 0 saturated carbocycles. The average Bonchev–Trinajstić information content (AvgIpc) is 2.47. The van der Waals surface area contributed by atoms with E-state index in [1.807, 2.05) is 4.72 Å². The predicted molar refractivity (Wildman–Crippen MR) is 75.1 cm³/mol. The number of anilines is 1. The van der Waals surface area contributed by atoms with E-state index in [0.29, 0.717) is 12.8 Å². The number of aliphatic hydroxyl groups excluding tert-OH is 1. The normalized spacial score (nSPS) is 20.5. The van der Waals surface area contributed by atoms with Crippen molar-refractivity contribution in [3.05, 3.63) is 29.3 Å². The Hall–Kier alpha value is -1.25. The van der Waals surface area contributed by atoms with Crippen molar-refractivity contribution in [3.8, 4) is 0 Å². The van der Waals surface area contributed by atoms with Crippen LogP contribution in [-0.2, 0) is 10.2 Å². The van der Waals surface area contributed by atoms with Crippen LogP contribution in [0.25, 0.3) is 0 Å². The van der Waals surface area contributed by atoms with Crippen LogP contribution in [0.5, 0.6) is 0 Å². The van der Waals surface area contributed by atoms with E-state index in [9.17, 15) is 22.3 Å². The molecule has 1 saturated heterocycles. The number of nitrogens with zero attached hydrogens (tertiary/aromatic N) is 1. The highest BCUT2D eigenvalue weighted by atomic mass is 32.2. The molecule has 8 heteroatoms. The fourth-order valence-corrected chi connectivity index (χ4v) is 3.91. The molecular weight excluding hydrogens is 302 g/mol. The van der Waals surface area contributed by atoms with Crippen LogP contribution in [0.1, 0.15) is 24.8 Å². The van der Waals surface area contributed by atoms with Crippen LogP contribution < -0.4 is 4.72 Å². The summed E-state index contributed by atoms with van der Waals surface area (Å²) in [6.45, 7) is 1.32. The van der Waals surface area contributed by atoms with Crippen LogP contribution in [0, 0.1) is 18.6 Å². The summed E-state index contributed by atoms with van der Waals surface area (Å²) in [4.78, 5) is 0. The second-order valence-corrected chi connectivity index (χ2v) is 6.73. The van der Waals surface area contributed by atoms with Crippen molar-refractivity contribution in [2.24, 2.45) is 0 Å². The summed E-state index contributed by atoms with van der Waals surface area (Å²) < 4.78 is 55.2. The molecule has 1 aliphatic heterocycles. The molecule has 0 aromatic heterocycles. The predicted octanol–water partition coefficient (Wildman–Crippen LogP) is 1.78. The fraction of sp³-hybridized carbons (Fsp3) is 0.538. The minimum Gasteiger partial charge on any atom is -0.395 e. The topological polar surface area (TPSA) is 69.6 Å². The Bertz CT molecular complexity index is 622. The van der Waals surface area contributed by atoms with Crippen molar-refractivity contribution in [2.45, 2.75) is 32.2 Å². The maximum absolute atomic E-state index is 13.9. The maximum Gasteiger partial charge on any atom is 0.302 e. The molecule has 1 aliphatic rings. The van der Waals surface area contributed by atoms with Gasteiger partial charge in [0.15, 0.2) is 5.82 Å². The molecule has 2 rings (SSSR count). The third kappa shape index (κ3) is 3.33. The third-order valence-electron chi connectivity index (χ3n) is 3.61. The van der Waals surface area contributed by atoms with Gasteiger partial charge in [0.1, 0.15) is 11.5 Å². The van der Waals surface area contributed by atoms with E-state index in [2.05, 4.69) is 0 Å². The Kier molecular flexibility index (Phi) is 4.80. The molecule has 1 unspecified atom stereocenters. The first-order valence-electron chi connectivity index (χ1n) is 6.72. The van der Waals surface area contributed by atoms with Crippen molar-refractivity contribution in [2.75, 3.05) is 17.9 Å². The average molecular weight is 320 g/mol. The zero-order valence-corrected chi connectivity index (χ0v) is 12.5. The lowest BCUT2D eigenvalue weighted by atomic mass is 10.1. The van der Waals surface area contributed by atoms with Crippen molar-refractivity contribution in [1.29, 1.82) is 0 Å². The first-order valence-corrected chi connectivity index (χ1v) is 8.16. The van der Waals surface area contributed by atoms with Gasteiger partial charge in [-0.05, 0) is 31.4 Å². The van der Waals surface area contributed by atoms with E-state index in [4.69, 9.17) is 0 Å². The van der Waals surface area contributed by atoms with E-state index >= 15 is 0 Å². The second kappa shape index (κ2) is 6.25. The maximum atomic E-state index is 13.9. The number of halogens is 2. The molecule has 0 bridgehead atoms. The van der Waals surface area contributed by atoms with Crippen LogP contribution in [0.4, 0.5) is 14.5 Å². The first-order chi connectivity index (χ1) is 9.86. The number of nitrogens with one attached hydrogen (secondary N) is 1. The number of rotatable bonds is 4. The van der Waals surface area contributed by atoms with Crippen LogP contribution in [0.2, 0.25) is 0 Å². The Balaban J connectivity index is 2.31. The molecule has 1 atom stereocenters. The largest absolute Gasteiger partial charge is 0.395 e. The monoisotopic (exact) mass is 320 g/mol. The highest BCUT2D eigenvalue weighted by Gasteiger charge is 2.33. The standard InChI is InChI=1S/C13H18F2N2O3S/c1-9-5-6-11(14)13(12(9)15)16-21(19,20)17-7-3-2-4-10(17)8-18/h5-6,10,16,18H,2-4,7-8H2,1H3. The molecule has 1 aromatic rings. The van der Waals surface area contributed by atoms with Crippen molar-refractivity contribution in [1.82, 2.24) is 4.31 Å². The van der Waals surface area contributed by atoms with E-state index < -0.39 is 33.6 Å². The molecule has 0 amide bonds. The van der Waals surface area contributed by atoms with Crippen LogP contribution in [-0.4, -0.2) is 37.0 Å². The van der Waals surface area contributed by atoms with Gasteiger partial charge in [-0.1, -0.05) is 12.5 Å². The molecular formula is C13H18F2N2O3S. The van der Waals surface area contributed by atoms with Gasteiger partial charge in [0, 0.05) is 12.6 Å². The molecule has 0 aliphatic carbocycles. The first kappa shape index (κ1) is 16.1. The molecule has 21 heavy (non-hydrogen) atoms. The lowest BCUT2D eigenvalue weighted by Gasteiger charge is -2.33. The van der Waals surface area contributed by atoms with Gasteiger partial charge >= 0.3 is 10.2 Å². The van der Waals surface area contributed by atoms with Crippen LogP contribution >= 0.6 is 0 Å². The number of benzene rings is 1. The highest BCUT2D eigenvalue weighted by Crippen LogP contribution is 2.26. The van der Waals surface area contributed by atoms with E-state index in [0.717, 1.165) is 16.8 Å². The smallest absolute Gasteiger partial charge is 0.302 e. The summed E-state index contributed by atoms with van der Waals surface area (Å²) >= 11 is 0. The van der Waals surface area contributed by atoms with Gasteiger partial charge < -0.3 is 5.11 Å². The minimum absolute atomic E-state index is 0.145. The molecule has 2 N–H and O–H groups in total. The molecule has 118 valence electrons. The number of aryl methyl sites for hydroxylation is 1. The van der Waals surface area contributed by atoms with Crippen molar-refractivity contribution in [3.63, 3.8) is 0 Å². The third-order valence-corrected chi connectivity index (χ3v) is 5.17. The zero-order valence-electron chi connectivity index (χ0n) is 11.6. The lowest BCUT2D eigenvalue weighted by molar-refractivity contribution is 0.155. The number of hydrogen-bond acceptors (Lipinski definition) is 3. The molecule has 1 aromatic carbocycles. The number of hydrogen-bond donors (Lipinski definition) is 2. The quantitative estimate of drug-likeness (QED) is 0.888. The van der Waals surface area contributed by atoms with Gasteiger partial charge in [0.2, 0.25) is 0 Å². The van der Waals surface area contributed by atoms with Gasteiger partial charge in [-0.25, -0.2) is 8.78 Å². The van der Waals surface area contributed by atoms with E-state index in [-0.39, 0.29) is 18.7 Å². The van der Waals surface area contributed by atoms with E-state index in [1.54, 1.807) is 0 Å². The highest BCUT2D eigenvalue weighted by molar-refractivity contribution is 7.90. The van der Waals surface area contributed by atoms with Gasteiger partial charge in [-0.2, -0.15) is 12.7 Å². The molecule has 0 radical (unpaired) electrons. The molecule has 5 nitrogen and oxygen atoms in total. The second-order valence-electron chi connectivity index (χ2n) is 5.10. The summed E-state index contributed by atoms with van der Waals surface area (Å²) in [6.07, 6.45) is 1.98. The van der Waals surface area contributed by atoms with Gasteiger partial charge in [-0.15, -0.1) is 0 Å². The summed E-state index contributed by atoms with van der Waals surface area (Å²) in [5, 5.41) is 9.26. The molecule has 1 heterocycles. The number of aliphatic hydroxyl groups is 1. The summed E-state index contributed by atoms with van der Waals surface area (Å²) in [6, 6.07) is 1.68. The molecule has 0 spiro atoms. The van der Waals surface area contributed by atoms with Crippen LogP contribution in [0.15, 0.2) is 12.1 Å². The fourth-order valence-electron chi connectivity index (χ4n) is 2.41. The Labute approximate surface area is 122 Å². The zero-order chi connectivity index (χ0) is 15.6. The summed E-state index contributed by atoms with van der Waals surface area (Å²) in [7, 11) is -4.12. The van der Waals surface area contributed by atoms with E-state index in [1.165, 1.54) is 13.0 Å². The Morgan fingerprint density at radius 2 is 2.10 bits per heavy atom.